The average molecular weight is 486 g/mol. The van der Waals surface area contributed by atoms with Crippen LogP contribution < -0.4 is 5.32 Å². The number of ether oxygens (including phenoxy) is 1. The molecule has 1 aromatic heterocycles. The van der Waals surface area contributed by atoms with Gasteiger partial charge in [-0.2, -0.15) is 4.98 Å². The van der Waals surface area contributed by atoms with E-state index in [0.29, 0.717) is 38.7 Å². The third kappa shape index (κ3) is 4.86. The van der Waals surface area contributed by atoms with Crippen LogP contribution in [0.25, 0.3) is 0 Å². The van der Waals surface area contributed by atoms with Gasteiger partial charge >= 0.3 is 5.97 Å². The minimum Gasteiger partial charge on any atom is -0.463 e. The summed E-state index contributed by atoms with van der Waals surface area (Å²) in [5, 5.41) is 20.0. The number of hydrogen-bond donors (Lipinski definition) is 1. The van der Waals surface area contributed by atoms with E-state index in [2.05, 4.69) is 15.4 Å². The Kier molecular flexibility index (Phi) is 6.66. The summed E-state index contributed by atoms with van der Waals surface area (Å²) in [6, 6.07) is 12.9. The summed E-state index contributed by atoms with van der Waals surface area (Å²) in [5.41, 5.74) is 2.60. The zero-order valence-corrected chi connectivity index (χ0v) is 19.4. The monoisotopic (exact) mass is 485 g/mol. The molecule has 0 fully saturated rings. The lowest BCUT2D eigenvalue weighted by Crippen LogP contribution is -2.29. The summed E-state index contributed by atoms with van der Waals surface area (Å²) in [7, 11) is 0. The van der Waals surface area contributed by atoms with Gasteiger partial charge in [-0.05, 0) is 49.2 Å². The summed E-state index contributed by atoms with van der Waals surface area (Å²) in [6.07, 6.45) is 0. The average Bonchev–Trinajstić information content (AvgIpc) is 3.19. The predicted octanol–water partition coefficient (Wildman–Crippen LogP) is 4.98. The van der Waals surface area contributed by atoms with E-state index >= 15 is 0 Å². The molecule has 11 heteroatoms. The maximum atomic E-state index is 12.8. The molecule has 1 N–H and O–H groups in total. The van der Waals surface area contributed by atoms with Gasteiger partial charge in [-0.25, -0.2) is 9.48 Å². The Balaban J connectivity index is 1.70. The van der Waals surface area contributed by atoms with Crippen LogP contribution in [0.15, 0.2) is 65.0 Å². The number of halogens is 1. The summed E-state index contributed by atoms with van der Waals surface area (Å²) < 4.78 is 6.89. The number of nitrogens with one attached hydrogen (secondary N) is 1. The summed E-state index contributed by atoms with van der Waals surface area (Å²) in [5.74, 6) is 0.598. The highest BCUT2D eigenvalue weighted by Gasteiger charge is 2.35. The largest absolute Gasteiger partial charge is 0.463 e. The van der Waals surface area contributed by atoms with E-state index in [1.165, 1.54) is 23.9 Å². The number of allylic oxidation sites excluding steroid dienone is 1. The van der Waals surface area contributed by atoms with E-state index in [1.54, 1.807) is 30.7 Å². The molecular formula is C22H20ClN5O4S. The minimum atomic E-state index is -0.644. The molecule has 3 aromatic rings. The van der Waals surface area contributed by atoms with Gasteiger partial charge in [-0.3, -0.25) is 10.1 Å². The van der Waals surface area contributed by atoms with Gasteiger partial charge in [0, 0.05) is 28.6 Å². The molecule has 0 radical (unpaired) electrons. The molecule has 0 saturated carbocycles. The molecule has 1 atom stereocenters. The van der Waals surface area contributed by atoms with Gasteiger partial charge in [0.2, 0.25) is 11.1 Å². The molecule has 4 rings (SSSR count). The number of carbonyl (C=O) groups excluding carboxylic acids is 1. The number of rotatable bonds is 7. The molecule has 0 bridgehead atoms. The standard InChI is InChI=1S/C22H20ClN5O4S/c1-3-32-20(29)18-13(2)24-21-25-22(33-12-14-5-4-6-16(23)11-14)26-27(21)19(18)15-7-9-17(10-8-15)28(30)31/h4-11,19H,3,12H2,1-2H3,(H,24,25,26)/t19-/m0/s1. The van der Waals surface area contributed by atoms with Crippen molar-refractivity contribution in [2.45, 2.75) is 30.8 Å². The normalized spacial score (nSPS) is 15.1. The second kappa shape index (κ2) is 9.63. The summed E-state index contributed by atoms with van der Waals surface area (Å²) in [4.78, 5) is 28.0. The molecule has 2 aromatic carbocycles. The van der Waals surface area contributed by atoms with Gasteiger partial charge in [0.1, 0.15) is 6.04 Å². The topological polar surface area (TPSA) is 112 Å². The molecule has 9 nitrogen and oxygen atoms in total. The fourth-order valence-electron chi connectivity index (χ4n) is 3.53. The van der Waals surface area contributed by atoms with E-state index in [1.807, 2.05) is 24.3 Å². The van der Waals surface area contributed by atoms with Gasteiger partial charge in [0.05, 0.1) is 17.1 Å². The predicted molar refractivity (Wildman–Crippen MR) is 125 cm³/mol. The molecule has 0 saturated heterocycles. The van der Waals surface area contributed by atoms with Crippen LogP contribution in [0.5, 0.6) is 0 Å². The SMILES string of the molecule is CCOC(=O)C1=C(C)Nc2nc(SCc3cccc(Cl)c3)nn2[C@H]1c1ccc([N+](=O)[O-])cc1. The second-order valence-corrected chi connectivity index (χ2v) is 8.60. The highest BCUT2D eigenvalue weighted by Crippen LogP contribution is 2.37. The van der Waals surface area contributed by atoms with E-state index in [4.69, 9.17) is 16.3 Å². The Labute approximate surface area is 199 Å². The smallest absolute Gasteiger partial charge is 0.338 e. The zero-order valence-electron chi connectivity index (χ0n) is 17.8. The third-order valence-corrected chi connectivity index (χ3v) is 6.15. The molecule has 33 heavy (non-hydrogen) atoms. The number of hydrogen-bond acceptors (Lipinski definition) is 8. The highest BCUT2D eigenvalue weighted by atomic mass is 35.5. The van der Waals surface area contributed by atoms with Crippen molar-refractivity contribution in [1.29, 1.82) is 0 Å². The number of nitro groups is 1. The van der Waals surface area contributed by atoms with Crippen LogP contribution in [0.4, 0.5) is 11.6 Å². The molecule has 1 aliphatic rings. The highest BCUT2D eigenvalue weighted by molar-refractivity contribution is 7.98. The van der Waals surface area contributed by atoms with Crippen LogP contribution in [-0.4, -0.2) is 32.3 Å². The van der Waals surface area contributed by atoms with Gasteiger partial charge in [-0.15, -0.1) is 5.10 Å². The van der Waals surface area contributed by atoms with Crippen LogP contribution in [-0.2, 0) is 15.3 Å². The Morgan fingerprint density at radius 3 is 2.73 bits per heavy atom. The lowest BCUT2D eigenvalue weighted by molar-refractivity contribution is -0.384. The van der Waals surface area contributed by atoms with Crippen molar-refractivity contribution in [2.75, 3.05) is 11.9 Å². The van der Waals surface area contributed by atoms with Crippen LogP contribution in [0.3, 0.4) is 0 Å². The first-order valence-corrected chi connectivity index (χ1v) is 11.5. The number of nitrogens with zero attached hydrogens (tertiary/aromatic N) is 4. The number of fused-ring (bicyclic) bond motifs is 1. The number of benzene rings is 2. The first-order valence-electron chi connectivity index (χ1n) is 10.1. The van der Waals surface area contributed by atoms with E-state index in [-0.39, 0.29) is 12.3 Å². The minimum absolute atomic E-state index is 0.0392. The summed E-state index contributed by atoms with van der Waals surface area (Å²) >= 11 is 7.50. The number of thioether (sulfide) groups is 1. The number of aromatic nitrogens is 3. The Bertz CT molecular complexity index is 1240. The zero-order chi connectivity index (χ0) is 23.5. The molecule has 2 heterocycles. The number of nitro benzene ring substituents is 1. The van der Waals surface area contributed by atoms with Crippen molar-refractivity contribution >= 4 is 41.0 Å². The van der Waals surface area contributed by atoms with Crippen molar-refractivity contribution < 1.29 is 14.5 Å². The fraction of sp³-hybridized carbons (Fsp3) is 0.227. The molecule has 0 spiro atoms. The number of carbonyl (C=O) groups is 1. The quantitative estimate of drug-likeness (QED) is 0.216. The van der Waals surface area contributed by atoms with Gasteiger partial charge in [0.25, 0.3) is 5.69 Å². The van der Waals surface area contributed by atoms with Crippen molar-refractivity contribution in [3.05, 3.63) is 86.1 Å². The maximum absolute atomic E-state index is 12.8. The molecule has 0 amide bonds. The van der Waals surface area contributed by atoms with Gasteiger partial charge < -0.3 is 10.1 Å². The van der Waals surface area contributed by atoms with Crippen LogP contribution in [0.2, 0.25) is 5.02 Å². The van der Waals surface area contributed by atoms with Crippen LogP contribution >= 0.6 is 23.4 Å². The fourth-order valence-corrected chi connectivity index (χ4v) is 4.51. The van der Waals surface area contributed by atoms with Crippen molar-refractivity contribution in [2.24, 2.45) is 0 Å². The maximum Gasteiger partial charge on any atom is 0.338 e. The van der Waals surface area contributed by atoms with E-state index in [0.717, 1.165) is 5.56 Å². The van der Waals surface area contributed by atoms with E-state index < -0.39 is 16.9 Å². The van der Waals surface area contributed by atoms with Gasteiger partial charge in [0.15, 0.2) is 0 Å². The second-order valence-electron chi connectivity index (χ2n) is 7.22. The number of anilines is 1. The molecule has 1 aliphatic heterocycles. The van der Waals surface area contributed by atoms with Crippen LogP contribution in [0.1, 0.15) is 31.0 Å². The van der Waals surface area contributed by atoms with Gasteiger partial charge in [-0.1, -0.05) is 35.5 Å². The van der Waals surface area contributed by atoms with Crippen molar-refractivity contribution in [1.82, 2.24) is 14.8 Å². The molecule has 0 unspecified atom stereocenters. The Morgan fingerprint density at radius 1 is 1.30 bits per heavy atom. The lowest BCUT2D eigenvalue weighted by Gasteiger charge is -2.28. The number of non-ortho nitro benzene ring substituents is 1. The first kappa shape index (κ1) is 22.8. The Hall–Kier alpha value is -3.37. The first-order chi connectivity index (χ1) is 15.9. The molecule has 170 valence electrons. The van der Waals surface area contributed by atoms with Crippen LogP contribution in [0, 0.1) is 10.1 Å². The molecule has 0 aliphatic carbocycles. The summed E-state index contributed by atoms with van der Waals surface area (Å²) in [6.45, 7) is 3.71. The van der Waals surface area contributed by atoms with E-state index in [9.17, 15) is 14.9 Å². The number of esters is 1. The lowest BCUT2D eigenvalue weighted by atomic mass is 9.95. The van der Waals surface area contributed by atoms with Crippen molar-refractivity contribution in [3.63, 3.8) is 0 Å². The van der Waals surface area contributed by atoms with Crippen molar-refractivity contribution in [3.8, 4) is 0 Å². The molecular weight excluding hydrogens is 466 g/mol. The Morgan fingerprint density at radius 2 is 2.06 bits per heavy atom. The third-order valence-electron chi connectivity index (χ3n) is 5.01.